The highest BCUT2D eigenvalue weighted by Gasteiger charge is 2.45. The molecule has 0 aliphatic heterocycles. The molecule has 1 N–H and O–H groups in total. The second-order valence-electron chi connectivity index (χ2n) is 2.54. The zero-order valence-electron chi connectivity index (χ0n) is 6.18. The minimum Gasteiger partial charge on any atom is -0.327 e. The predicted octanol–water partition coefficient (Wildman–Crippen LogP) is 1.09. The molecule has 0 heterocycles. The molecule has 0 aromatic rings. The quantitative estimate of drug-likeness (QED) is 0.336. The fourth-order valence-corrected chi connectivity index (χ4v) is 1.71. The van der Waals surface area contributed by atoms with Crippen LogP contribution in [-0.4, -0.2) is 21.1 Å². The minimum atomic E-state index is -1.95. The summed E-state index contributed by atoms with van der Waals surface area (Å²) in [5, 5.41) is 20.4. The van der Waals surface area contributed by atoms with E-state index in [-0.39, 0.29) is 0 Å². The molecular formula is C7H8BrNO3. The van der Waals surface area contributed by atoms with Crippen molar-refractivity contribution in [2.75, 3.05) is 5.33 Å². The van der Waals surface area contributed by atoms with E-state index in [1.807, 2.05) is 0 Å². The Labute approximate surface area is 77.9 Å². The molecule has 1 aliphatic carbocycles. The maximum absolute atomic E-state index is 10.5. The number of allylic oxidation sites excluding steroid dienone is 2. The molecule has 0 radical (unpaired) electrons. The van der Waals surface area contributed by atoms with Gasteiger partial charge in [0.2, 0.25) is 0 Å². The van der Waals surface area contributed by atoms with E-state index in [9.17, 15) is 15.2 Å². The topological polar surface area (TPSA) is 63.4 Å². The second kappa shape index (κ2) is 3.37. The van der Waals surface area contributed by atoms with Crippen molar-refractivity contribution >= 4 is 15.9 Å². The van der Waals surface area contributed by atoms with Gasteiger partial charge in [-0.25, -0.2) is 0 Å². The molecule has 0 saturated carbocycles. The Bertz CT molecular complexity index is 251. The highest BCUT2D eigenvalue weighted by molar-refractivity contribution is 9.09. The van der Waals surface area contributed by atoms with Crippen molar-refractivity contribution in [2.45, 2.75) is 5.72 Å². The van der Waals surface area contributed by atoms with E-state index in [4.69, 9.17) is 0 Å². The van der Waals surface area contributed by atoms with Gasteiger partial charge in [0.25, 0.3) is 0 Å². The molecule has 2 atom stereocenters. The van der Waals surface area contributed by atoms with E-state index in [1.165, 1.54) is 12.2 Å². The Hall–Kier alpha value is -0.680. The first-order valence-corrected chi connectivity index (χ1v) is 4.52. The lowest BCUT2D eigenvalue weighted by Gasteiger charge is -2.23. The zero-order valence-corrected chi connectivity index (χ0v) is 7.77. The molecule has 0 fully saturated rings. The number of rotatable bonds is 2. The molecule has 12 heavy (non-hydrogen) atoms. The summed E-state index contributed by atoms with van der Waals surface area (Å²) >= 11 is 3.11. The largest absolute Gasteiger partial charge is 0.349 e. The van der Waals surface area contributed by atoms with E-state index in [0.717, 1.165) is 0 Å². The minimum absolute atomic E-state index is 0.366. The van der Waals surface area contributed by atoms with Crippen LogP contribution < -0.4 is 0 Å². The van der Waals surface area contributed by atoms with Gasteiger partial charge in [-0.05, 0) is 0 Å². The number of alkyl halides is 1. The van der Waals surface area contributed by atoms with Crippen LogP contribution in [0.25, 0.3) is 0 Å². The van der Waals surface area contributed by atoms with Gasteiger partial charge in [0.05, 0.1) is 10.8 Å². The summed E-state index contributed by atoms with van der Waals surface area (Å²) < 4.78 is 0. The third-order valence-electron chi connectivity index (χ3n) is 1.80. The first-order valence-electron chi connectivity index (χ1n) is 3.40. The third kappa shape index (κ3) is 1.42. The molecular weight excluding hydrogens is 226 g/mol. The summed E-state index contributed by atoms with van der Waals surface area (Å²) in [5.41, 5.74) is -1.95. The van der Waals surface area contributed by atoms with Crippen LogP contribution in [0.4, 0.5) is 0 Å². The predicted molar refractivity (Wildman–Crippen MR) is 47.5 cm³/mol. The summed E-state index contributed by atoms with van der Waals surface area (Å²) in [6.07, 6.45) is 5.96. The molecule has 2 unspecified atom stereocenters. The molecule has 0 aromatic carbocycles. The van der Waals surface area contributed by atoms with Crippen molar-refractivity contribution in [1.82, 2.24) is 0 Å². The van der Waals surface area contributed by atoms with Crippen LogP contribution in [0.3, 0.4) is 0 Å². The van der Waals surface area contributed by atoms with E-state index >= 15 is 0 Å². The molecule has 0 saturated heterocycles. The lowest BCUT2D eigenvalue weighted by Crippen LogP contribution is -2.44. The van der Waals surface area contributed by atoms with Gasteiger partial charge in [-0.1, -0.05) is 34.2 Å². The molecule has 0 bridgehead atoms. The SMILES string of the molecule is O=[N+]([O-])C1(O)C=CC=CC1CBr. The van der Waals surface area contributed by atoms with Crippen molar-refractivity contribution in [3.8, 4) is 0 Å². The summed E-state index contributed by atoms with van der Waals surface area (Å²) in [5.74, 6) is -0.502. The van der Waals surface area contributed by atoms with Gasteiger partial charge in [0, 0.05) is 11.4 Å². The van der Waals surface area contributed by atoms with Gasteiger partial charge in [-0.3, -0.25) is 10.1 Å². The fraction of sp³-hybridized carbons (Fsp3) is 0.429. The van der Waals surface area contributed by atoms with Crippen molar-refractivity contribution in [3.05, 3.63) is 34.4 Å². The summed E-state index contributed by atoms with van der Waals surface area (Å²) in [6.45, 7) is 0. The lowest BCUT2D eigenvalue weighted by molar-refractivity contribution is -0.615. The number of hydrogen-bond acceptors (Lipinski definition) is 3. The maximum Gasteiger partial charge on any atom is 0.349 e. The molecule has 0 spiro atoms. The first-order chi connectivity index (χ1) is 5.61. The van der Waals surface area contributed by atoms with Gasteiger partial charge >= 0.3 is 5.72 Å². The summed E-state index contributed by atoms with van der Waals surface area (Å²) in [7, 11) is 0. The Kier molecular flexibility index (Phi) is 2.64. The Morgan fingerprint density at radius 2 is 2.33 bits per heavy atom. The van der Waals surface area contributed by atoms with Gasteiger partial charge in [0.15, 0.2) is 0 Å². The third-order valence-corrected chi connectivity index (χ3v) is 2.50. The monoisotopic (exact) mass is 233 g/mol. The van der Waals surface area contributed by atoms with E-state index in [1.54, 1.807) is 12.2 Å². The number of nitrogens with zero attached hydrogens (tertiary/aromatic N) is 1. The van der Waals surface area contributed by atoms with Crippen molar-refractivity contribution in [2.24, 2.45) is 5.92 Å². The van der Waals surface area contributed by atoms with Crippen LogP contribution in [0.5, 0.6) is 0 Å². The standard InChI is InChI=1S/C7H8BrNO3/c8-5-6-3-1-2-4-7(6,10)9(11)12/h1-4,6,10H,5H2. The van der Waals surface area contributed by atoms with Crippen molar-refractivity contribution in [3.63, 3.8) is 0 Å². The molecule has 4 nitrogen and oxygen atoms in total. The van der Waals surface area contributed by atoms with Crippen molar-refractivity contribution < 1.29 is 10.0 Å². The van der Waals surface area contributed by atoms with Crippen LogP contribution >= 0.6 is 15.9 Å². The van der Waals surface area contributed by atoms with Gasteiger partial charge < -0.3 is 5.11 Å². The number of hydrogen-bond donors (Lipinski definition) is 1. The number of nitro groups is 1. The van der Waals surface area contributed by atoms with E-state index in [0.29, 0.717) is 5.33 Å². The molecule has 66 valence electrons. The molecule has 5 heteroatoms. The smallest absolute Gasteiger partial charge is 0.327 e. The van der Waals surface area contributed by atoms with Gasteiger partial charge in [-0.2, -0.15) is 0 Å². The fourth-order valence-electron chi connectivity index (χ4n) is 1.02. The Morgan fingerprint density at radius 1 is 1.67 bits per heavy atom. The molecule has 0 aromatic heterocycles. The lowest BCUT2D eigenvalue weighted by atomic mass is 9.94. The zero-order chi connectivity index (χ0) is 9.19. The summed E-state index contributed by atoms with van der Waals surface area (Å²) in [4.78, 5) is 9.81. The molecule has 0 amide bonds. The molecule has 1 aliphatic rings. The highest BCUT2D eigenvalue weighted by atomic mass is 79.9. The first kappa shape index (κ1) is 9.41. The number of halogens is 1. The van der Waals surface area contributed by atoms with Crippen LogP contribution in [0.2, 0.25) is 0 Å². The van der Waals surface area contributed by atoms with Crippen LogP contribution in [-0.2, 0) is 0 Å². The van der Waals surface area contributed by atoms with Crippen LogP contribution in [0, 0.1) is 16.0 Å². The van der Waals surface area contributed by atoms with Gasteiger partial charge in [-0.15, -0.1) is 0 Å². The van der Waals surface area contributed by atoms with E-state index in [2.05, 4.69) is 15.9 Å². The highest BCUT2D eigenvalue weighted by Crippen LogP contribution is 2.26. The van der Waals surface area contributed by atoms with Crippen molar-refractivity contribution in [1.29, 1.82) is 0 Å². The average Bonchev–Trinajstić information content (AvgIpc) is 2.05. The van der Waals surface area contributed by atoms with E-state index < -0.39 is 16.6 Å². The Morgan fingerprint density at radius 3 is 2.75 bits per heavy atom. The Balaban J connectivity index is 2.94. The summed E-state index contributed by atoms with van der Waals surface area (Å²) in [6, 6.07) is 0. The van der Waals surface area contributed by atoms with Crippen LogP contribution in [0.15, 0.2) is 24.3 Å². The normalized spacial score (nSPS) is 33.7. The average molecular weight is 234 g/mol. The molecule has 1 rings (SSSR count). The maximum atomic E-state index is 10.5. The second-order valence-corrected chi connectivity index (χ2v) is 3.19. The van der Waals surface area contributed by atoms with Crippen LogP contribution in [0.1, 0.15) is 0 Å². The number of aliphatic hydroxyl groups is 1. The van der Waals surface area contributed by atoms with Gasteiger partial charge in [0.1, 0.15) is 0 Å².